The van der Waals surface area contributed by atoms with Crippen molar-refractivity contribution in [2.45, 2.75) is 110 Å². The summed E-state index contributed by atoms with van der Waals surface area (Å²) < 4.78 is 65.8. The standard InChI is InChI=1S/C54H109N9O20P2S/c1-53(2,36-47(64)58-15-9-6-12-44(41-84)37-83-85(5,70)86)42-54(3,4)43-61-51(68)45(13-7-10-16-59-48(65)38-77-27-24-71-18-21-74-30-33-80-55)63-52(69)46(62-50(67)40-79-29-26-73-20-23-76-32-35-82-57)14-8-11-17-60-49(66)39-78-28-25-72-19-22-75-31-34-81-56/h44-46H,6-43,55-57,84H2,1-5H3,(H,58,64)(H,59,65)(H,60,66)(H,61,68)(H,62,67)(H,63,69)(H,70,86). The monoisotopic (exact) mass is 1300 g/mol. The Morgan fingerprint density at radius 2 is 0.826 bits per heavy atom. The summed E-state index contributed by atoms with van der Waals surface area (Å²) in [6, 6.07) is -2.13. The Morgan fingerprint density at radius 1 is 0.465 bits per heavy atom. The van der Waals surface area contributed by atoms with Gasteiger partial charge in [0.25, 0.3) is 6.57 Å². The number of nitrogens with one attached hydrogen (secondary N) is 6. The summed E-state index contributed by atoms with van der Waals surface area (Å²) in [4.78, 5) is 93.2. The number of rotatable bonds is 62. The lowest BCUT2D eigenvalue weighted by atomic mass is 9.73. The third-order valence-electron chi connectivity index (χ3n) is 12.3. The molecule has 0 aromatic rings. The van der Waals surface area contributed by atoms with E-state index in [0.29, 0.717) is 98.1 Å². The van der Waals surface area contributed by atoms with Gasteiger partial charge < -0.3 is 93.6 Å². The first-order valence-corrected chi connectivity index (χ1v) is 33.7. The number of amides is 6. The molecule has 32 heteroatoms. The lowest BCUT2D eigenvalue weighted by Crippen LogP contribution is -2.55. The third kappa shape index (κ3) is 54.2. The maximum absolute atomic E-state index is 14.2. The fourth-order valence-electron chi connectivity index (χ4n) is 8.35. The summed E-state index contributed by atoms with van der Waals surface area (Å²) in [6.45, 7) is 12.5. The highest BCUT2D eigenvalue weighted by Crippen LogP contribution is 2.47. The fourth-order valence-corrected chi connectivity index (χ4v) is 9.41. The van der Waals surface area contributed by atoms with Gasteiger partial charge >= 0.3 is 0 Å². The van der Waals surface area contributed by atoms with Crippen molar-refractivity contribution in [3.05, 3.63) is 0 Å². The number of carbonyl (C=O) groups excluding carboxylic acids is 6. The average molecular weight is 1300 g/mol. The molecule has 506 valence electrons. The highest BCUT2D eigenvalue weighted by Gasteiger charge is 2.33. The van der Waals surface area contributed by atoms with Gasteiger partial charge in [-0.05, 0) is 80.7 Å². The van der Waals surface area contributed by atoms with Crippen LogP contribution in [0.3, 0.4) is 0 Å². The second-order valence-electron chi connectivity index (χ2n) is 21.8. The van der Waals surface area contributed by atoms with Crippen LogP contribution >= 0.6 is 28.1 Å². The summed E-state index contributed by atoms with van der Waals surface area (Å²) in [5.41, 5.74) is -0.941. The highest BCUT2D eigenvalue weighted by molar-refractivity contribution is 8.46. The number of carbonyl (C=O) groups is 6. The van der Waals surface area contributed by atoms with E-state index in [4.69, 9.17) is 64.8 Å². The van der Waals surface area contributed by atoms with E-state index in [9.17, 15) is 33.3 Å². The Hall–Kier alpha value is -2.81. The van der Waals surface area contributed by atoms with Crippen molar-refractivity contribution in [2.75, 3.05) is 184 Å². The van der Waals surface area contributed by atoms with E-state index in [1.54, 1.807) is 0 Å². The van der Waals surface area contributed by atoms with Gasteiger partial charge in [-0.3, -0.25) is 33.3 Å². The highest BCUT2D eigenvalue weighted by atomic mass is 32.7. The minimum absolute atomic E-state index is 0.0799. The number of hydrogen-bond acceptors (Lipinski definition) is 23. The summed E-state index contributed by atoms with van der Waals surface area (Å²) >= 11 is 4.01. The van der Waals surface area contributed by atoms with Crippen molar-refractivity contribution in [2.24, 2.45) is 34.4 Å². The molecule has 0 rings (SSSR count). The van der Waals surface area contributed by atoms with E-state index in [-0.39, 0.29) is 148 Å². The number of unbranched alkanes of at least 4 members (excludes halogenated alkanes) is 3. The van der Waals surface area contributed by atoms with Crippen LogP contribution in [0.2, 0.25) is 0 Å². The maximum atomic E-state index is 14.2. The first-order valence-electron chi connectivity index (χ1n) is 29.6. The van der Waals surface area contributed by atoms with Crippen LogP contribution in [0.1, 0.15) is 98.3 Å². The largest absolute Gasteiger partial charge is 0.377 e. The zero-order valence-electron chi connectivity index (χ0n) is 52.0. The number of ether oxygens (including phenoxy) is 9. The SMILES string of the molecule is CC(C)(CNC(=O)C(CCCCNC(=O)COCCOCCOCCON)NC(=O)C(CCCCNC(=O)COCCOCCOCCON)NC(=O)COCCOCCOCCON)CC(C)(C)CC(=O)NCCCCC(CP)COP(C)(=O)S. The minimum atomic E-state index is -2.86. The molecule has 0 aliphatic carbocycles. The predicted octanol–water partition coefficient (Wildman–Crippen LogP) is 0.845. The molecular formula is C54H109N9O20P2S. The van der Waals surface area contributed by atoms with E-state index < -0.39 is 47.2 Å². The van der Waals surface area contributed by atoms with Crippen LogP contribution in [0, 0.1) is 16.7 Å². The average Bonchev–Trinajstić information content (AvgIpc) is 3.64. The van der Waals surface area contributed by atoms with Crippen molar-refractivity contribution >= 4 is 63.5 Å². The first kappa shape index (κ1) is 83.2. The van der Waals surface area contributed by atoms with E-state index in [2.05, 4.69) is 67.9 Å². The molecule has 0 saturated heterocycles. The molecule has 0 aromatic heterocycles. The lowest BCUT2D eigenvalue weighted by molar-refractivity contribution is -0.134. The summed E-state index contributed by atoms with van der Waals surface area (Å²) in [6.07, 6.45) is 6.20. The second kappa shape index (κ2) is 55.1. The molecular weight excluding hydrogens is 1190 g/mol. The molecule has 29 nitrogen and oxygen atoms in total. The van der Waals surface area contributed by atoms with E-state index in [1.807, 2.05) is 27.7 Å². The molecule has 0 spiro atoms. The maximum Gasteiger partial charge on any atom is 0.251 e. The zero-order valence-corrected chi connectivity index (χ0v) is 54.9. The van der Waals surface area contributed by atoms with Gasteiger partial charge in [-0.15, -0.1) is 9.24 Å². The van der Waals surface area contributed by atoms with Crippen molar-refractivity contribution in [3.8, 4) is 0 Å². The van der Waals surface area contributed by atoms with Gasteiger partial charge in [0.1, 0.15) is 31.9 Å². The zero-order chi connectivity index (χ0) is 64.0. The number of thiol groups is 1. The molecule has 0 aliphatic heterocycles. The molecule has 0 aromatic carbocycles. The molecule has 0 aliphatic rings. The van der Waals surface area contributed by atoms with Gasteiger partial charge in [-0.2, -0.15) is 0 Å². The number of nitrogens with two attached hydrogens (primary N) is 3. The number of hydrogen-bond donors (Lipinski definition) is 10. The Bertz CT molecular complexity index is 1810. The van der Waals surface area contributed by atoms with Gasteiger partial charge in [-0.25, -0.2) is 17.7 Å². The summed E-state index contributed by atoms with van der Waals surface area (Å²) in [5.74, 6) is 12.8. The molecule has 0 heterocycles. The lowest BCUT2D eigenvalue weighted by Gasteiger charge is -2.35. The molecule has 12 N–H and O–H groups in total. The van der Waals surface area contributed by atoms with Crippen LogP contribution in [0.25, 0.3) is 0 Å². The Morgan fingerprint density at radius 3 is 1.22 bits per heavy atom. The summed E-state index contributed by atoms with van der Waals surface area (Å²) in [7, 11) is 2.70. The van der Waals surface area contributed by atoms with Gasteiger partial charge in [-0.1, -0.05) is 46.4 Å². The van der Waals surface area contributed by atoms with Crippen molar-refractivity contribution in [1.82, 2.24) is 31.9 Å². The van der Waals surface area contributed by atoms with E-state index in [1.165, 1.54) is 6.66 Å². The topological polar surface area (TPSA) is 390 Å². The molecule has 6 amide bonds. The van der Waals surface area contributed by atoms with Gasteiger partial charge in [0.2, 0.25) is 35.4 Å². The Balaban J connectivity index is 5.82. The van der Waals surface area contributed by atoms with Crippen LogP contribution in [0.4, 0.5) is 0 Å². The van der Waals surface area contributed by atoms with Crippen molar-refractivity contribution in [1.29, 1.82) is 0 Å². The van der Waals surface area contributed by atoms with E-state index in [0.717, 1.165) is 25.4 Å². The second-order valence-corrected chi connectivity index (χ2v) is 26.3. The van der Waals surface area contributed by atoms with E-state index >= 15 is 0 Å². The Kier molecular flexibility index (Phi) is 53.3. The molecule has 5 unspecified atom stereocenters. The van der Waals surface area contributed by atoms with Gasteiger partial charge in [0.15, 0.2) is 0 Å². The van der Waals surface area contributed by atoms with Crippen LogP contribution in [-0.2, 0) is 95.0 Å². The molecule has 0 radical (unpaired) electrons. The Labute approximate surface area is 517 Å². The quantitative estimate of drug-likeness (QED) is 0.0175. The van der Waals surface area contributed by atoms with Crippen LogP contribution in [-0.4, -0.2) is 232 Å². The molecule has 0 bridgehead atoms. The molecule has 86 heavy (non-hydrogen) atoms. The predicted molar refractivity (Wildman–Crippen MR) is 329 cm³/mol. The van der Waals surface area contributed by atoms with Gasteiger partial charge in [0, 0.05) is 39.3 Å². The van der Waals surface area contributed by atoms with Gasteiger partial charge in [0.05, 0.1) is 126 Å². The van der Waals surface area contributed by atoms with Crippen LogP contribution < -0.4 is 49.6 Å². The molecule has 0 saturated carbocycles. The van der Waals surface area contributed by atoms with Crippen LogP contribution in [0.15, 0.2) is 0 Å². The van der Waals surface area contributed by atoms with Crippen molar-refractivity contribution < 1.29 is 95.0 Å². The normalized spacial score (nSPS) is 13.6. The molecule has 0 fully saturated rings. The third-order valence-corrected chi connectivity index (χ3v) is 14.0. The van der Waals surface area contributed by atoms with Crippen molar-refractivity contribution in [3.63, 3.8) is 0 Å². The smallest absolute Gasteiger partial charge is 0.251 e. The van der Waals surface area contributed by atoms with Crippen LogP contribution in [0.5, 0.6) is 0 Å². The minimum Gasteiger partial charge on any atom is -0.377 e. The fraction of sp³-hybridized carbons (Fsp3) is 0.889. The summed E-state index contributed by atoms with van der Waals surface area (Å²) in [5, 5.41) is 17.3. The molecule has 5 atom stereocenters. The first-order chi connectivity index (χ1) is 41.2.